The second-order valence-corrected chi connectivity index (χ2v) is 5.70. The van der Waals surface area contributed by atoms with Crippen molar-refractivity contribution in [2.75, 3.05) is 7.05 Å². The van der Waals surface area contributed by atoms with E-state index in [4.69, 9.17) is 0 Å². The van der Waals surface area contributed by atoms with Crippen LogP contribution >= 0.6 is 0 Å². The second-order valence-electron chi connectivity index (χ2n) is 3.97. The van der Waals surface area contributed by atoms with Crippen molar-refractivity contribution in [3.8, 4) is 0 Å². The van der Waals surface area contributed by atoms with Gasteiger partial charge < -0.3 is 0 Å². The van der Waals surface area contributed by atoms with E-state index in [2.05, 4.69) is 0 Å². The number of nitrogens with one attached hydrogen (secondary N) is 1. The monoisotopic (exact) mass is 243 g/mol. The second kappa shape index (κ2) is 5.63. The maximum atomic E-state index is 11.3. The molecule has 15 heavy (non-hydrogen) atoms. The van der Waals surface area contributed by atoms with Gasteiger partial charge in [-0.05, 0) is 18.8 Å². The summed E-state index contributed by atoms with van der Waals surface area (Å²) in [5.74, 6) is 0.0626. The molecule has 0 saturated carbocycles. The molecule has 1 radical (unpaired) electrons. The number of hydrogen-bond donors (Lipinski definition) is 1. The Hall–Kier alpha value is 0.380. The van der Waals surface area contributed by atoms with Gasteiger partial charge in [0, 0.05) is 36.6 Å². The molecule has 1 aliphatic heterocycles. The molecule has 1 rings (SSSR count). The van der Waals surface area contributed by atoms with Crippen molar-refractivity contribution in [2.24, 2.45) is 5.92 Å². The Bertz CT molecular complexity index is 329. The molecule has 1 heterocycles. The molecule has 7 heteroatoms. The normalized spacial score (nSPS) is 25.1. The van der Waals surface area contributed by atoms with E-state index in [1.165, 1.54) is 7.05 Å². The quantitative estimate of drug-likeness (QED) is 0.693. The van der Waals surface area contributed by atoms with Gasteiger partial charge in [-0.25, -0.2) is 4.72 Å². The van der Waals surface area contributed by atoms with E-state index in [0.29, 0.717) is 12.3 Å². The molecule has 1 fully saturated rings. The molecule has 0 aromatic heterocycles. The van der Waals surface area contributed by atoms with Crippen molar-refractivity contribution < 1.29 is 13.2 Å². The Morgan fingerprint density at radius 2 is 2.00 bits per heavy atom. The number of likely N-dealkylation sites (N-methyl/N-ethyl adjacent to an activating group) is 1. The molecule has 1 saturated heterocycles. The Morgan fingerprint density at radius 1 is 1.47 bits per heavy atom. The molecule has 0 aromatic carbocycles. The SMILES string of the molecule is CC(C)CCC1C(=O)NS(=O)(=O)N1C.[Na]. The third-order valence-corrected chi connectivity index (χ3v) is 3.84. The first-order valence-electron chi connectivity index (χ1n) is 4.64. The Labute approximate surface area is 113 Å². The van der Waals surface area contributed by atoms with Crippen LogP contribution in [0.15, 0.2) is 0 Å². The fourth-order valence-corrected chi connectivity index (χ4v) is 2.47. The first kappa shape index (κ1) is 15.4. The van der Waals surface area contributed by atoms with Crippen molar-refractivity contribution in [1.29, 1.82) is 0 Å². The van der Waals surface area contributed by atoms with Crippen molar-refractivity contribution in [3.05, 3.63) is 0 Å². The molecule has 1 atom stereocenters. The zero-order valence-electron chi connectivity index (χ0n) is 9.65. The van der Waals surface area contributed by atoms with Crippen molar-refractivity contribution in [1.82, 2.24) is 9.03 Å². The van der Waals surface area contributed by atoms with Gasteiger partial charge in [0.05, 0.1) is 0 Å². The average Bonchev–Trinajstić information content (AvgIpc) is 2.19. The smallest absolute Gasteiger partial charge is 0.272 e. The molecular weight excluding hydrogens is 227 g/mol. The van der Waals surface area contributed by atoms with Crippen LogP contribution in [0.5, 0.6) is 0 Å². The van der Waals surface area contributed by atoms with Crippen LogP contribution in [0.4, 0.5) is 0 Å². The van der Waals surface area contributed by atoms with Gasteiger partial charge >= 0.3 is 10.2 Å². The third-order valence-electron chi connectivity index (χ3n) is 2.37. The number of carbonyl (C=O) groups excluding carboxylic acids is 1. The Morgan fingerprint density at radius 3 is 2.33 bits per heavy atom. The van der Waals surface area contributed by atoms with E-state index < -0.39 is 22.2 Å². The number of hydrogen-bond acceptors (Lipinski definition) is 3. The van der Waals surface area contributed by atoms with Gasteiger partial charge in [-0.3, -0.25) is 4.79 Å². The van der Waals surface area contributed by atoms with Gasteiger partial charge in [0.2, 0.25) is 0 Å². The van der Waals surface area contributed by atoms with Gasteiger partial charge in [0.25, 0.3) is 5.91 Å². The maximum absolute atomic E-state index is 11.3. The molecule has 0 aromatic rings. The van der Waals surface area contributed by atoms with Crippen LogP contribution < -0.4 is 4.72 Å². The van der Waals surface area contributed by atoms with Crippen LogP contribution in [-0.4, -0.2) is 61.3 Å². The standard InChI is InChI=1S/C8H16N2O3S.Na/c1-6(2)4-5-7-8(11)9-14(12,13)10(7)3;/h6-7H,4-5H2,1-3H3,(H,9,11);. The summed E-state index contributed by atoms with van der Waals surface area (Å²) >= 11 is 0. The first-order chi connectivity index (χ1) is 6.34. The van der Waals surface area contributed by atoms with E-state index in [1.807, 2.05) is 18.6 Å². The summed E-state index contributed by atoms with van der Waals surface area (Å²) in [5, 5.41) is 0. The van der Waals surface area contributed by atoms with Gasteiger partial charge in [0.15, 0.2) is 0 Å². The van der Waals surface area contributed by atoms with Gasteiger partial charge in [0.1, 0.15) is 6.04 Å². The fraction of sp³-hybridized carbons (Fsp3) is 0.875. The zero-order valence-corrected chi connectivity index (χ0v) is 12.5. The van der Waals surface area contributed by atoms with Crippen LogP contribution in [0.2, 0.25) is 0 Å². The molecule has 0 spiro atoms. The van der Waals surface area contributed by atoms with Gasteiger partial charge in [-0.2, -0.15) is 12.7 Å². The van der Waals surface area contributed by atoms with E-state index >= 15 is 0 Å². The molecule has 1 N–H and O–H groups in total. The third kappa shape index (κ3) is 3.71. The first-order valence-corrected chi connectivity index (χ1v) is 6.08. The van der Waals surface area contributed by atoms with Crippen LogP contribution in [0.25, 0.3) is 0 Å². The molecule has 0 bridgehead atoms. The fourth-order valence-electron chi connectivity index (χ4n) is 1.40. The van der Waals surface area contributed by atoms with E-state index in [0.717, 1.165) is 10.7 Å². The summed E-state index contributed by atoms with van der Waals surface area (Å²) in [4.78, 5) is 11.3. The summed E-state index contributed by atoms with van der Waals surface area (Å²) < 4.78 is 25.5. The van der Waals surface area contributed by atoms with E-state index in [1.54, 1.807) is 0 Å². The molecule has 1 aliphatic rings. The van der Waals surface area contributed by atoms with Crippen LogP contribution in [0, 0.1) is 5.92 Å². The number of nitrogens with zero attached hydrogens (tertiary/aromatic N) is 1. The molecule has 5 nitrogen and oxygen atoms in total. The topological polar surface area (TPSA) is 66.5 Å². The Balaban J connectivity index is 0.00000196. The Kier molecular flexibility index (Phi) is 5.77. The molecule has 1 amide bonds. The summed E-state index contributed by atoms with van der Waals surface area (Å²) in [7, 11) is -2.11. The number of rotatable bonds is 3. The number of amides is 1. The van der Waals surface area contributed by atoms with Crippen LogP contribution in [0.1, 0.15) is 26.7 Å². The minimum absolute atomic E-state index is 0. The maximum Gasteiger partial charge on any atom is 0.304 e. The predicted octanol–water partition coefficient (Wildman–Crippen LogP) is -0.283. The van der Waals surface area contributed by atoms with Crippen molar-refractivity contribution >= 4 is 45.7 Å². The molecule has 1 unspecified atom stereocenters. The van der Waals surface area contributed by atoms with Gasteiger partial charge in [-0.1, -0.05) is 13.8 Å². The van der Waals surface area contributed by atoms with Crippen molar-refractivity contribution in [2.45, 2.75) is 32.7 Å². The van der Waals surface area contributed by atoms with E-state index in [-0.39, 0.29) is 29.6 Å². The number of carbonyl (C=O) groups is 1. The average molecular weight is 243 g/mol. The molecular formula is C8H16N2NaO3S. The van der Waals surface area contributed by atoms with Crippen LogP contribution in [-0.2, 0) is 15.0 Å². The summed E-state index contributed by atoms with van der Waals surface area (Å²) in [6.45, 7) is 4.09. The predicted molar refractivity (Wildman–Crippen MR) is 58.4 cm³/mol. The van der Waals surface area contributed by atoms with E-state index in [9.17, 15) is 13.2 Å². The minimum atomic E-state index is -3.54. The molecule has 83 valence electrons. The zero-order chi connectivity index (χ0) is 10.9. The summed E-state index contributed by atoms with van der Waals surface area (Å²) in [5.41, 5.74) is 0. The molecule has 0 aliphatic carbocycles. The van der Waals surface area contributed by atoms with Crippen molar-refractivity contribution in [3.63, 3.8) is 0 Å². The largest absolute Gasteiger partial charge is 0.304 e. The summed E-state index contributed by atoms with van der Waals surface area (Å²) in [6, 6.07) is -0.526. The summed E-state index contributed by atoms with van der Waals surface area (Å²) in [6.07, 6.45) is 1.43. The van der Waals surface area contributed by atoms with Gasteiger partial charge in [-0.15, -0.1) is 0 Å². The van der Waals surface area contributed by atoms with Crippen LogP contribution in [0.3, 0.4) is 0 Å². The minimum Gasteiger partial charge on any atom is -0.272 e.